The summed E-state index contributed by atoms with van der Waals surface area (Å²) in [5, 5.41) is 15.2. The smallest absolute Gasteiger partial charge is 0.408 e. The van der Waals surface area contributed by atoms with E-state index in [0.29, 0.717) is 5.56 Å². The number of carbonyl (C=O) groups excluding carboxylic acids is 3. The Labute approximate surface area is 184 Å². The Hall–Kier alpha value is -2.77. The number of phenols is 1. The third kappa shape index (κ3) is 7.45. The largest absolute Gasteiger partial charge is 0.508 e. The summed E-state index contributed by atoms with van der Waals surface area (Å²) in [6.45, 7) is 12.4. The molecule has 1 aliphatic carbocycles. The highest BCUT2D eigenvalue weighted by Crippen LogP contribution is 2.36. The molecule has 8 heteroatoms. The first-order valence-electron chi connectivity index (χ1n) is 10.6. The lowest BCUT2D eigenvalue weighted by Crippen LogP contribution is -2.54. The molecule has 0 heterocycles. The molecule has 0 saturated heterocycles. The molecule has 1 aliphatic rings. The van der Waals surface area contributed by atoms with Crippen molar-refractivity contribution in [2.24, 2.45) is 0 Å². The molecule has 2 atom stereocenters. The summed E-state index contributed by atoms with van der Waals surface area (Å²) in [5.74, 6) is -0.610. The van der Waals surface area contributed by atoms with Crippen LogP contribution in [0.5, 0.6) is 5.75 Å². The van der Waals surface area contributed by atoms with Crippen LogP contribution in [0.2, 0.25) is 0 Å². The molecule has 0 bridgehead atoms. The lowest BCUT2D eigenvalue weighted by molar-refractivity contribution is -0.143. The SMILES string of the molecule is CC(NC(=O)OC(C)(C)C)C(=O)N(C1CC1)C(C(=O)NC(C)(C)C)c1ccc(O)cc1. The van der Waals surface area contributed by atoms with E-state index in [2.05, 4.69) is 10.6 Å². The number of phenolic OH excluding ortho intramolecular Hbond substituents is 1. The molecular formula is C23H35N3O5. The molecule has 2 unspecified atom stereocenters. The van der Waals surface area contributed by atoms with Crippen LogP contribution in [0.3, 0.4) is 0 Å². The molecule has 1 aromatic carbocycles. The van der Waals surface area contributed by atoms with Crippen LogP contribution in [0.25, 0.3) is 0 Å². The second-order valence-electron chi connectivity index (χ2n) is 10.1. The van der Waals surface area contributed by atoms with Crippen LogP contribution in [0, 0.1) is 0 Å². The van der Waals surface area contributed by atoms with Crippen molar-refractivity contribution in [3.05, 3.63) is 29.8 Å². The molecule has 1 saturated carbocycles. The predicted molar refractivity (Wildman–Crippen MR) is 117 cm³/mol. The Bertz CT molecular complexity index is 804. The van der Waals surface area contributed by atoms with Crippen LogP contribution in [0.4, 0.5) is 4.79 Å². The molecule has 2 rings (SSSR count). The lowest BCUT2D eigenvalue weighted by Gasteiger charge is -2.35. The molecular weight excluding hydrogens is 398 g/mol. The average Bonchev–Trinajstić information content (AvgIpc) is 3.41. The maximum Gasteiger partial charge on any atom is 0.408 e. The average molecular weight is 434 g/mol. The van der Waals surface area contributed by atoms with Gasteiger partial charge in [-0.3, -0.25) is 9.59 Å². The summed E-state index contributed by atoms with van der Waals surface area (Å²) in [4.78, 5) is 40.4. The number of amides is 3. The first-order valence-corrected chi connectivity index (χ1v) is 10.6. The van der Waals surface area contributed by atoms with Crippen molar-refractivity contribution < 1.29 is 24.2 Å². The van der Waals surface area contributed by atoms with Crippen molar-refractivity contribution in [2.75, 3.05) is 0 Å². The van der Waals surface area contributed by atoms with E-state index in [4.69, 9.17) is 4.74 Å². The van der Waals surface area contributed by atoms with Gasteiger partial charge in [-0.2, -0.15) is 0 Å². The van der Waals surface area contributed by atoms with Gasteiger partial charge in [0.25, 0.3) is 0 Å². The van der Waals surface area contributed by atoms with Crippen molar-refractivity contribution >= 4 is 17.9 Å². The van der Waals surface area contributed by atoms with E-state index in [-0.39, 0.29) is 23.6 Å². The monoisotopic (exact) mass is 433 g/mol. The standard InChI is InChI=1S/C23H35N3O5/c1-14(24-21(30)31-23(5,6)7)20(29)26(16-10-11-16)18(19(28)25-22(2,3)4)15-8-12-17(27)13-9-15/h8-9,12-14,16,18,27H,10-11H2,1-7H3,(H,24,30)(H,25,28). The highest BCUT2D eigenvalue weighted by molar-refractivity contribution is 5.92. The van der Waals surface area contributed by atoms with Crippen LogP contribution < -0.4 is 10.6 Å². The molecule has 1 aromatic rings. The van der Waals surface area contributed by atoms with Gasteiger partial charge in [-0.15, -0.1) is 0 Å². The zero-order valence-corrected chi connectivity index (χ0v) is 19.5. The zero-order chi connectivity index (χ0) is 23.6. The summed E-state index contributed by atoms with van der Waals surface area (Å²) < 4.78 is 5.26. The fraction of sp³-hybridized carbons (Fsp3) is 0.609. The maximum atomic E-state index is 13.4. The van der Waals surface area contributed by atoms with E-state index in [9.17, 15) is 19.5 Å². The van der Waals surface area contributed by atoms with Crippen LogP contribution in [-0.2, 0) is 14.3 Å². The second-order valence-corrected chi connectivity index (χ2v) is 10.1. The van der Waals surface area contributed by atoms with Crippen molar-refractivity contribution in [3.63, 3.8) is 0 Å². The molecule has 172 valence electrons. The minimum Gasteiger partial charge on any atom is -0.508 e. The second kappa shape index (κ2) is 9.16. The molecule has 31 heavy (non-hydrogen) atoms. The third-order valence-corrected chi connectivity index (χ3v) is 4.53. The molecule has 0 aliphatic heterocycles. The Morgan fingerprint density at radius 3 is 2.06 bits per heavy atom. The molecule has 3 amide bonds. The summed E-state index contributed by atoms with van der Waals surface area (Å²) >= 11 is 0. The van der Waals surface area contributed by atoms with Gasteiger partial charge >= 0.3 is 6.09 Å². The van der Waals surface area contributed by atoms with Crippen LogP contribution in [0.1, 0.15) is 72.9 Å². The molecule has 3 N–H and O–H groups in total. The Balaban J connectivity index is 2.33. The Kier molecular flexibility index (Phi) is 7.24. The summed E-state index contributed by atoms with van der Waals surface area (Å²) in [6, 6.07) is 4.39. The van der Waals surface area contributed by atoms with Crippen molar-refractivity contribution in [1.29, 1.82) is 0 Å². The van der Waals surface area contributed by atoms with Crippen molar-refractivity contribution in [2.45, 2.75) is 90.6 Å². The Morgan fingerprint density at radius 1 is 1.06 bits per heavy atom. The minimum absolute atomic E-state index is 0.0722. The quantitative estimate of drug-likeness (QED) is 0.638. The highest BCUT2D eigenvalue weighted by atomic mass is 16.6. The van der Waals surface area contributed by atoms with Gasteiger partial charge in [0.2, 0.25) is 11.8 Å². The van der Waals surface area contributed by atoms with Gasteiger partial charge in [0.15, 0.2) is 0 Å². The predicted octanol–water partition coefficient (Wildman–Crippen LogP) is 3.25. The van der Waals surface area contributed by atoms with E-state index >= 15 is 0 Å². The normalized spacial score (nSPS) is 16.1. The van der Waals surface area contributed by atoms with Gasteiger partial charge in [0.05, 0.1) is 0 Å². The number of benzene rings is 1. The van der Waals surface area contributed by atoms with Gasteiger partial charge in [-0.05, 0) is 79.0 Å². The van der Waals surface area contributed by atoms with E-state index < -0.39 is 29.3 Å². The highest BCUT2D eigenvalue weighted by Gasteiger charge is 2.43. The number of alkyl carbamates (subject to hydrolysis) is 1. The number of hydrogen-bond donors (Lipinski definition) is 3. The molecule has 0 aromatic heterocycles. The van der Waals surface area contributed by atoms with Gasteiger partial charge in [0, 0.05) is 11.6 Å². The number of aromatic hydroxyl groups is 1. The van der Waals surface area contributed by atoms with Crippen LogP contribution in [0.15, 0.2) is 24.3 Å². The number of nitrogens with zero attached hydrogens (tertiary/aromatic N) is 1. The van der Waals surface area contributed by atoms with Crippen LogP contribution >= 0.6 is 0 Å². The first kappa shape index (κ1) is 24.5. The van der Waals surface area contributed by atoms with Gasteiger partial charge in [0.1, 0.15) is 23.4 Å². The molecule has 8 nitrogen and oxygen atoms in total. The fourth-order valence-electron chi connectivity index (χ4n) is 3.17. The number of rotatable bonds is 6. The van der Waals surface area contributed by atoms with E-state index in [1.165, 1.54) is 12.1 Å². The van der Waals surface area contributed by atoms with Crippen molar-refractivity contribution in [3.8, 4) is 5.75 Å². The number of hydrogen-bond acceptors (Lipinski definition) is 5. The Morgan fingerprint density at radius 2 is 1.61 bits per heavy atom. The minimum atomic E-state index is -0.886. The summed E-state index contributed by atoms with van der Waals surface area (Å²) in [5.41, 5.74) is -0.598. The van der Waals surface area contributed by atoms with Gasteiger partial charge in [-0.1, -0.05) is 12.1 Å². The third-order valence-electron chi connectivity index (χ3n) is 4.53. The van der Waals surface area contributed by atoms with Crippen molar-refractivity contribution in [1.82, 2.24) is 15.5 Å². The fourth-order valence-corrected chi connectivity index (χ4v) is 3.17. The van der Waals surface area contributed by atoms with E-state index in [0.717, 1.165) is 12.8 Å². The van der Waals surface area contributed by atoms with Gasteiger partial charge < -0.3 is 25.4 Å². The molecule has 0 radical (unpaired) electrons. The number of ether oxygens (including phenoxy) is 1. The first-order chi connectivity index (χ1) is 14.2. The number of nitrogens with one attached hydrogen (secondary N) is 2. The number of carbonyl (C=O) groups is 3. The van der Waals surface area contributed by atoms with Gasteiger partial charge in [-0.25, -0.2) is 4.79 Å². The zero-order valence-electron chi connectivity index (χ0n) is 19.5. The summed E-state index contributed by atoms with van der Waals surface area (Å²) in [7, 11) is 0. The summed E-state index contributed by atoms with van der Waals surface area (Å²) in [6.07, 6.45) is 0.870. The van der Waals surface area contributed by atoms with E-state index in [1.807, 2.05) is 20.8 Å². The maximum absolute atomic E-state index is 13.4. The van der Waals surface area contributed by atoms with Crippen LogP contribution in [-0.4, -0.2) is 51.1 Å². The lowest BCUT2D eigenvalue weighted by atomic mass is 10.0. The topological polar surface area (TPSA) is 108 Å². The molecule has 1 fully saturated rings. The van der Waals surface area contributed by atoms with E-state index in [1.54, 1.807) is 44.7 Å². The molecule has 0 spiro atoms.